The molecule has 0 radical (unpaired) electrons. The van der Waals surface area contributed by atoms with Crippen molar-refractivity contribution in [3.05, 3.63) is 76.0 Å². The predicted octanol–water partition coefficient (Wildman–Crippen LogP) is 6.70. The van der Waals surface area contributed by atoms with Crippen molar-refractivity contribution in [1.82, 2.24) is 10.3 Å². The van der Waals surface area contributed by atoms with Gasteiger partial charge in [-0.25, -0.2) is 4.98 Å². The number of fused-ring (bicyclic) bond motifs is 1. The largest absolute Gasteiger partial charge is 0.457 e. The van der Waals surface area contributed by atoms with E-state index < -0.39 is 5.91 Å². The van der Waals surface area contributed by atoms with Crippen LogP contribution in [0.3, 0.4) is 0 Å². The lowest BCUT2D eigenvalue weighted by molar-refractivity contribution is -0.115. The summed E-state index contributed by atoms with van der Waals surface area (Å²) in [6, 6.07) is 14.7. The monoisotopic (exact) mass is 487 g/mol. The topological polar surface area (TPSA) is 67.2 Å². The van der Waals surface area contributed by atoms with Crippen LogP contribution in [-0.2, 0) is 4.79 Å². The molecular formula is C22H15Cl2N3O2S2. The number of amides is 1. The molecule has 5 nitrogen and oxygen atoms in total. The van der Waals surface area contributed by atoms with Crippen molar-refractivity contribution in [2.24, 2.45) is 0 Å². The van der Waals surface area contributed by atoms with Gasteiger partial charge in [-0.1, -0.05) is 40.6 Å². The molecule has 156 valence electrons. The number of aromatic nitrogens is 1. The minimum Gasteiger partial charge on any atom is -0.457 e. The zero-order chi connectivity index (χ0) is 22.0. The molecule has 2 heterocycles. The lowest BCUT2D eigenvalue weighted by Gasteiger charge is -2.04. The van der Waals surface area contributed by atoms with E-state index in [1.165, 1.54) is 17.4 Å². The number of hydrogen-bond acceptors (Lipinski definition) is 5. The van der Waals surface area contributed by atoms with Gasteiger partial charge in [0.2, 0.25) is 5.91 Å². The van der Waals surface area contributed by atoms with E-state index in [2.05, 4.69) is 21.7 Å². The summed E-state index contributed by atoms with van der Waals surface area (Å²) in [5.74, 6) is 0.679. The number of thiazole rings is 1. The van der Waals surface area contributed by atoms with E-state index in [1.54, 1.807) is 36.4 Å². The summed E-state index contributed by atoms with van der Waals surface area (Å²) in [7, 11) is 0. The van der Waals surface area contributed by atoms with E-state index in [0.29, 0.717) is 32.3 Å². The number of rotatable bonds is 4. The van der Waals surface area contributed by atoms with E-state index in [9.17, 15) is 4.79 Å². The van der Waals surface area contributed by atoms with Crippen LogP contribution in [0.1, 0.15) is 11.3 Å². The van der Waals surface area contributed by atoms with Gasteiger partial charge in [0.25, 0.3) is 0 Å². The molecule has 0 saturated heterocycles. The number of hydrogen-bond donors (Lipinski definition) is 2. The smallest absolute Gasteiger partial charge is 0.250 e. The normalized spacial score (nSPS) is 11.2. The van der Waals surface area contributed by atoms with E-state index in [4.69, 9.17) is 39.8 Å². The third kappa shape index (κ3) is 5.32. The van der Waals surface area contributed by atoms with Gasteiger partial charge in [0, 0.05) is 16.7 Å². The van der Waals surface area contributed by atoms with Crippen molar-refractivity contribution < 1.29 is 9.21 Å². The second-order valence-electron chi connectivity index (χ2n) is 6.59. The maximum Gasteiger partial charge on any atom is 0.250 e. The number of furan rings is 1. The Kier molecular flexibility index (Phi) is 6.38. The van der Waals surface area contributed by atoms with Crippen molar-refractivity contribution in [2.75, 3.05) is 5.32 Å². The number of thiocarbonyl (C=S) groups is 1. The van der Waals surface area contributed by atoms with Gasteiger partial charge in [0.15, 0.2) is 10.2 Å². The molecule has 0 atom stereocenters. The highest BCUT2D eigenvalue weighted by molar-refractivity contribution is 7.80. The highest BCUT2D eigenvalue weighted by Crippen LogP contribution is 2.31. The molecule has 0 saturated carbocycles. The van der Waals surface area contributed by atoms with E-state index >= 15 is 0 Å². The molecule has 2 N–H and O–H groups in total. The Labute approximate surface area is 197 Å². The van der Waals surface area contributed by atoms with E-state index in [0.717, 1.165) is 15.8 Å². The molecule has 0 aliphatic heterocycles. The summed E-state index contributed by atoms with van der Waals surface area (Å²) in [6.07, 6.45) is 2.88. The molecule has 31 heavy (non-hydrogen) atoms. The Hall–Kier alpha value is -2.71. The number of aryl methyl sites for hydroxylation is 1. The molecular weight excluding hydrogens is 473 g/mol. The molecule has 0 aliphatic rings. The Morgan fingerprint density at radius 3 is 2.81 bits per heavy atom. The fraction of sp³-hybridized carbons (Fsp3) is 0.0455. The van der Waals surface area contributed by atoms with Crippen LogP contribution < -0.4 is 10.6 Å². The first-order valence-electron chi connectivity index (χ1n) is 9.10. The minimum atomic E-state index is -0.392. The van der Waals surface area contributed by atoms with Gasteiger partial charge < -0.3 is 9.73 Å². The number of nitrogens with one attached hydrogen (secondary N) is 2. The van der Waals surface area contributed by atoms with Crippen LogP contribution in [0, 0.1) is 6.92 Å². The van der Waals surface area contributed by atoms with Crippen molar-refractivity contribution in [3.8, 4) is 11.3 Å². The van der Waals surface area contributed by atoms with Crippen molar-refractivity contribution in [2.45, 2.75) is 6.92 Å². The van der Waals surface area contributed by atoms with E-state index in [1.807, 2.05) is 19.1 Å². The zero-order valence-corrected chi connectivity index (χ0v) is 19.3. The summed E-state index contributed by atoms with van der Waals surface area (Å²) in [5, 5.41) is 7.34. The Morgan fingerprint density at radius 2 is 2.00 bits per heavy atom. The predicted molar refractivity (Wildman–Crippen MR) is 132 cm³/mol. The molecule has 9 heteroatoms. The molecule has 2 aromatic carbocycles. The second kappa shape index (κ2) is 9.20. The third-order valence-corrected chi connectivity index (χ3v) is 5.91. The van der Waals surface area contributed by atoms with Crippen LogP contribution in [0.25, 0.3) is 27.6 Å². The first-order chi connectivity index (χ1) is 14.9. The fourth-order valence-corrected chi connectivity index (χ4v) is 4.53. The molecule has 0 unspecified atom stereocenters. The maximum atomic E-state index is 12.2. The standard InChI is InChI=1S/C22H15Cl2N3O2S2/c1-12-2-7-17-19(10-12)31-22(25-17)27-21(30)26-20(28)9-5-14-4-8-18(29-14)15-6-3-13(23)11-16(15)24/h2-11H,1H3,(H2,25,26,27,28,30)/b9-5+. The zero-order valence-electron chi connectivity index (χ0n) is 16.1. The maximum absolute atomic E-state index is 12.2. The molecule has 4 rings (SSSR count). The van der Waals surface area contributed by atoms with Crippen LogP contribution in [0.5, 0.6) is 0 Å². The molecule has 0 spiro atoms. The van der Waals surface area contributed by atoms with Gasteiger partial charge in [-0.2, -0.15) is 0 Å². The van der Waals surface area contributed by atoms with Gasteiger partial charge in [-0.15, -0.1) is 0 Å². The highest BCUT2D eigenvalue weighted by Gasteiger charge is 2.10. The van der Waals surface area contributed by atoms with Crippen molar-refractivity contribution in [3.63, 3.8) is 0 Å². The quantitative estimate of drug-likeness (QED) is 0.247. The second-order valence-corrected chi connectivity index (χ2v) is 8.88. The van der Waals surface area contributed by atoms with Gasteiger partial charge in [-0.05, 0) is 73.2 Å². The summed E-state index contributed by atoms with van der Waals surface area (Å²) in [4.78, 5) is 16.6. The Bertz CT molecular complexity index is 1330. The number of carbonyl (C=O) groups is 1. The van der Waals surface area contributed by atoms with Crippen molar-refractivity contribution in [1.29, 1.82) is 0 Å². The van der Waals surface area contributed by atoms with Gasteiger partial charge in [-0.3, -0.25) is 10.1 Å². The third-order valence-electron chi connectivity index (χ3n) is 4.22. The SMILES string of the molecule is Cc1ccc2nc(NC(=S)NC(=O)/C=C/c3ccc(-c4ccc(Cl)cc4Cl)o3)sc2c1. The van der Waals surface area contributed by atoms with Crippen LogP contribution in [0.2, 0.25) is 10.0 Å². The van der Waals surface area contributed by atoms with E-state index in [-0.39, 0.29) is 5.11 Å². The molecule has 0 aliphatic carbocycles. The average molecular weight is 488 g/mol. The summed E-state index contributed by atoms with van der Waals surface area (Å²) in [5.41, 5.74) is 2.75. The fourth-order valence-electron chi connectivity index (χ4n) is 2.80. The Morgan fingerprint density at radius 1 is 1.16 bits per heavy atom. The average Bonchev–Trinajstić information content (AvgIpc) is 3.32. The molecule has 4 aromatic rings. The van der Waals surface area contributed by atoms with Gasteiger partial charge in [0.05, 0.1) is 15.2 Å². The number of benzene rings is 2. The van der Waals surface area contributed by atoms with Crippen LogP contribution in [0.15, 0.2) is 59.0 Å². The summed E-state index contributed by atoms with van der Waals surface area (Å²) < 4.78 is 6.78. The number of halogens is 2. The van der Waals surface area contributed by atoms with Crippen molar-refractivity contribution >= 4 is 79.2 Å². The van der Waals surface area contributed by atoms with Gasteiger partial charge in [0.1, 0.15) is 11.5 Å². The minimum absolute atomic E-state index is 0.165. The summed E-state index contributed by atoms with van der Waals surface area (Å²) in [6.45, 7) is 2.02. The first-order valence-corrected chi connectivity index (χ1v) is 11.1. The van der Waals surface area contributed by atoms with Crippen LogP contribution in [-0.4, -0.2) is 16.0 Å². The number of carbonyl (C=O) groups excluding carboxylic acids is 1. The molecule has 2 aromatic heterocycles. The molecule has 0 fully saturated rings. The first kappa shape index (κ1) is 21.5. The summed E-state index contributed by atoms with van der Waals surface area (Å²) >= 11 is 18.8. The van der Waals surface area contributed by atoms with Gasteiger partial charge >= 0.3 is 0 Å². The molecule has 1 amide bonds. The van der Waals surface area contributed by atoms with Crippen LogP contribution >= 0.6 is 46.8 Å². The Balaban J connectivity index is 1.36. The highest BCUT2D eigenvalue weighted by atomic mass is 35.5. The lowest BCUT2D eigenvalue weighted by atomic mass is 10.2. The number of anilines is 1. The van der Waals surface area contributed by atoms with Crippen LogP contribution in [0.4, 0.5) is 5.13 Å². The number of nitrogens with zero attached hydrogens (tertiary/aromatic N) is 1. The molecule has 0 bridgehead atoms. The lowest BCUT2D eigenvalue weighted by Crippen LogP contribution is -2.32.